The van der Waals surface area contributed by atoms with Gasteiger partial charge in [-0.05, 0) is 23.3 Å². The molecule has 2 aromatic carbocycles. The molecule has 0 saturated carbocycles. The van der Waals surface area contributed by atoms with Crippen LogP contribution in [0.2, 0.25) is 0 Å². The van der Waals surface area contributed by atoms with E-state index < -0.39 is 5.97 Å². The van der Waals surface area contributed by atoms with Gasteiger partial charge in [-0.25, -0.2) is 4.79 Å². The fourth-order valence-electron chi connectivity index (χ4n) is 2.26. The van der Waals surface area contributed by atoms with E-state index >= 15 is 0 Å². The summed E-state index contributed by atoms with van der Waals surface area (Å²) in [7, 11) is 0. The normalized spacial score (nSPS) is 11.9. The van der Waals surface area contributed by atoms with Gasteiger partial charge in [0.05, 0.1) is 0 Å². The monoisotopic (exact) mass is 322 g/mol. The third kappa shape index (κ3) is 5.43. The molecule has 0 aliphatic carbocycles. The van der Waals surface area contributed by atoms with Crippen LogP contribution in [0.3, 0.4) is 0 Å². The molecule has 24 heavy (non-hydrogen) atoms. The predicted octanol–water partition coefficient (Wildman–Crippen LogP) is 4.74. The Morgan fingerprint density at radius 1 is 1.08 bits per heavy atom. The highest BCUT2D eigenvalue weighted by molar-refractivity contribution is 5.80. The third-order valence-electron chi connectivity index (χ3n) is 3.69. The SMILES string of the molecule is CC(C)(/C=C/C=C/C(=O)O)c1cccc(OCc2ccccc2)c1. The van der Waals surface area contributed by atoms with Crippen LogP contribution in [0, 0.1) is 0 Å². The minimum Gasteiger partial charge on any atom is -0.489 e. The third-order valence-corrected chi connectivity index (χ3v) is 3.69. The topological polar surface area (TPSA) is 46.5 Å². The number of hydrogen-bond acceptors (Lipinski definition) is 2. The quantitative estimate of drug-likeness (QED) is 0.591. The van der Waals surface area contributed by atoms with E-state index in [1.54, 1.807) is 6.08 Å². The first-order valence-electron chi connectivity index (χ1n) is 7.83. The van der Waals surface area contributed by atoms with Crippen molar-refractivity contribution >= 4 is 5.97 Å². The van der Waals surface area contributed by atoms with Crippen LogP contribution in [0.1, 0.15) is 25.0 Å². The first-order chi connectivity index (χ1) is 11.5. The Bertz CT molecular complexity index is 728. The maximum atomic E-state index is 10.5. The molecular formula is C21H22O3. The van der Waals surface area contributed by atoms with E-state index in [4.69, 9.17) is 9.84 Å². The van der Waals surface area contributed by atoms with Crippen molar-refractivity contribution in [2.45, 2.75) is 25.9 Å². The Labute approximate surface area is 142 Å². The van der Waals surface area contributed by atoms with E-state index in [0.717, 1.165) is 23.0 Å². The van der Waals surface area contributed by atoms with Crippen molar-refractivity contribution < 1.29 is 14.6 Å². The van der Waals surface area contributed by atoms with Crippen LogP contribution in [0.4, 0.5) is 0 Å². The van der Waals surface area contributed by atoms with Crippen LogP contribution in [0.25, 0.3) is 0 Å². The molecule has 2 aromatic rings. The summed E-state index contributed by atoms with van der Waals surface area (Å²) < 4.78 is 5.87. The smallest absolute Gasteiger partial charge is 0.328 e. The van der Waals surface area contributed by atoms with Crippen molar-refractivity contribution in [3.8, 4) is 5.75 Å². The molecule has 0 heterocycles. The number of carboxylic acids is 1. The second-order valence-electron chi connectivity index (χ2n) is 6.08. The molecule has 0 aromatic heterocycles. The highest BCUT2D eigenvalue weighted by Crippen LogP contribution is 2.28. The van der Waals surface area contributed by atoms with Crippen molar-refractivity contribution in [1.29, 1.82) is 0 Å². The summed E-state index contributed by atoms with van der Waals surface area (Å²) in [5, 5.41) is 8.61. The minimum absolute atomic E-state index is 0.227. The lowest BCUT2D eigenvalue weighted by atomic mass is 9.84. The molecule has 0 radical (unpaired) electrons. The summed E-state index contributed by atoms with van der Waals surface area (Å²) in [6, 6.07) is 18.0. The van der Waals surface area contributed by atoms with Gasteiger partial charge in [-0.15, -0.1) is 0 Å². The van der Waals surface area contributed by atoms with Gasteiger partial charge >= 0.3 is 5.97 Å². The van der Waals surface area contributed by atoms with Crippen LogP contribution in [-0.2, 0) is 16.8 Å². The summed E-state index contributed by atoms with van der Waals surface area (Å²) in [4.78, 5) is 10.5. The van der Waals surface area contributed by atoms with Gasteiger partial charge in [0, 0.05) is 11.5 Å². The average Bonchev–Trinajstić information content (AvgIpc) is 2.58. The molecule has 3 nitrogen and oxygen atoms in total. The number of aliphatic carboxylic acids is 1. The molecule has 0 aliphatic rings. The van der Waals surface area contributed by atoms with E-state index in [9.17, 15) is 4.79 Å². The lowest BCUT2D eigenvalue weighted by Gasteiger charge is -2.21. The van der Waals surface area contributed by atoms with E-state index in [1.807, 2.05) is 60.7 Å². The zero-order chi connectivity index (χ0) is 17.4. The Balaban J connectivity index is 2.06. The van der Waals surface area contributed by atoms with E-state index in [1.165, 1.54) is 6.08 Å². The summed E-state index contributed by atoms with van der Waals surface area (Å²) in [5.74, 6) is -0.132. The van der Waals surface area contributed by atoms with Gasteiger partial charge in [0.2, 0.25) is 0 Å². The van der Waals surface area contributed by atoms with Crippen LogP contribution in [0.5, 0.6) is 5.75 Å². The van der Waals surface area contributed by atoms with Gasteiger partial charge in [-0.3, -0.25) is 0 Å². The number of rotatable bonds is 7. The number of allylic oxidation sites excluding steroid dienone is 3. The summed E-state index contributed by atoms with van der Waals surface area (Å²) >= 11 is 0. The van der Waals surface area contributed by atoms with Gasteiger partial charge in [0.25, 0.3) is 0 Å². The fourth-order valence-corrected chi connectivity index (χ4v) is 2.26. The van der Waals surface area contributed by atoms with Gasteiger partial charge in [-0.1, -0.05) is 74.5 Å². The number of ether oxygens (including phenoxy) is 1. The van der Waals surface area contributed by atoms with E-state index in [-0.39, 0.29) is 5.41 Å². The molecule has 0 bridgehead atoms. The number of carbonyl (C=O) groups is 1. The first kappa shape index (κ1) is 17.5. The molecule has 0 aliphatic heterocycles. The molecule has 0 spiro atoms. The molecule has 124 valence electrons. The van der Waals surface area contributed by atoms with Gasteiger partial charge in [0.1, 0.15) is 12.4 Å². The van der Waals surface area contributed by atoms with Crippen LogP contribution in [-0.4, -0.2) is 11.1 Å². The molecule has 0 saturated heterocycles. The summed E-state index contributed by atoms with van der Waals surface area (Å²) in [6.45, 7) is 4.69. The second-order valence-corrected chi connectivity index (χ2v) is 6.08. The standard InChI is InChI=1S/C21H22O3/c1-21(2,14-7-6-13-20(22)23)18-11-8-12-19(15-18)24-16-17-9-4-3-5-10-17/h3-15H,16H2,1-2H3,(H,22,23)/b13-6+,14-7+. The van der Waals surface area contributed by atoms with E-state index in [0.29, 0.717) is 6.61 Å². The zero-order valence-electron chi connectivity index (χ0n) is 14.0. The summed E-state index contributed by atoms with van der Waals surface area (Å²) in [5.41, 5.74) is 2.00. The van der Waals surface area contributed by atoms with Crippen LogP contribution < -0.4 is 4.74 Å². The number of benzene rings is 2. The Morgan fingerprint density at radius 2 is 1.83 bits per heavy atom. The van der Waals surface area contributed by atoms with Crippen molar-refractivity contribution in [1.82, 2.24) is 0 Å². The van der Waals surface area contributed by atoms with Crippen molar-refractivity contribution in [2.75, 3.05) is 0 Å². The van der Waals surface area contributed by atoms with Gasteiger partial charge in [-0.2, -0.15) is 0 Å². The Kier molecular flexibility index (Phi) is 5.96. The Morgan fingerprint density at radius 3 is 2.54 bits per heavy atom. The molecular weight excluding hydrogens is 300 g/mol. The van der Waals surface area contributed by atoms with E-state index in [2.05, 4.69) is 13.8 Å². The maximum absolute atomic E-state index is 10.5. The molecule has 0 fully saturated rings. The molecule has 0 amide bonds. The maximum Gasteiger partial charge on any atom is 0.328 e. The predicted molar refractivity (Wildman–Crippen MR) is 96.2 cm³/mol. The second kappa shape index (κ2) is 8.16. The Hall–Kier alpha value is -2.81. The molecule has 2 rings (SSSR count). The van der Waals surface area contributed by atoms with Crippen molar-refractivity contribution in [2.24, 2.45) is 0 Å². The lowest BCUT2D eigenvalue weighted by Crippen LogP contribution is -2.13. The van der Waals surface area contributed by atoms with Crippen LogP contribution >= 0.6 is 0 Å². The molecule has 0 unspecified atom stereocenters. The minimum atomic E-state index is -0.950. The largest absolute Gasteiger partial charge is 0.489 e. The summed E-state index contributed by atoms with van der Waals surface area (Å²) in [6.07, 6.45) is 6.38. The van der Waals surface area contributed by atoms with Gasteiger partial charge in [0.15, 0.2) is 0 Å². The highest BCUT2D eigenvalue weighted by atomic mass is 16.5. The van der Waals surface area contributed by atoms with Gasteiger partial charge < -0.3 is 9.84 Å². The molecule has 3 heteroatoms. The first-order valence-corrected chi connectivity index (χ1v) is 7.83. The molecule has 1 N–H and O–H groups in total. The van der Waals surface area contributed by atoms with Crippen LogP contribution in [0.15, 0.2) is 78.9 Å². The number of carboxylic acid groups (broad SMARTS) is 1. The highest BCUT2D eigenvalue weighted by Gasteiger charge is 2.17. The van der Waals surface area contributed by atoms with Crippen molar-refractivity contribution in [3.05, 3.63) is 90.0 Å². The molecule has 0 atom stereocenters. The zero-order valence-corrected chi connectivity index (χ0v) is 14.0. The van der Waals surface area contributed by atoms with Crippen molar-refractivity contribution in [3.63, 3.8) is 0 Å². The fraction of sp³-hybridized carbons (Fsp3) is 0.190. The number of hydrogen-bond donors (Lipinski definition) is 1. The lowest BCUT2D eigenvalue weighted by molar-refractivity contribution is -0.131. The average molecular weight is 322 g/mol.